The van der Waals surface area contributed by atoms with Crippen LogP contribution in [0.5, 0.6) is 0 Å². The molecule has 1 atom stereocenters. The normalized spacial score (nSPS) is 18.5. The molecule has 2 N–H and O–H groups in total. The first-order chi connectivity index (χ1) is 16.5. The van der Waals surface area contributed by atoms with Crippen LogP contribution in [0.25, 0.3) is 11.4 Å². The van der Waals surface area contributed by atoms with Gasteiger partial charge in [-0.3, -0.25) is 4.98 Å². The number of nitrogens with zero attached hydrogens (tertiary/aromatic N) is 4. The second-order valence-electron chi connectivity index (χ2n) is 11.1. The van der Waals surface area contributed by atoms with Gasteiger partial charge in [-0.15, -0.1) is 0 Å². The van der Waals surface area contributed by atoms with Gasteiger partial charge in [-0.05, 0) is 51.9 Å². The van der Waals surface area contributed by atoms with Crippen LogP contribution in [0.4, 0.5) is 13.2 Å². The summed E-state index contributed by atoms with van der Waals surface area (Å²) in [5, 5.41) is 26.4. The Kier molecular flexibility index (Phi) is 6.09. The minimum atomic E-state index is -4.42. The van der Waals surface area contributed by atoms with Gasteiger partial charge in [0.25, 0.3) is 5.89 Å². The Morgan fingerprint density at radius 3 is 2.03 bits per heavy atom. The highest BCUT2D eigenvalue weighted by Gasteiger charge is 2.56. The first-order valence-electron chi connectivity index (χ1n) is 11.6. The number of aliphatic hydroxyl groups is 2. The predicted octanol–water partition coefficient (Wildman–Crippen LogP) is 4.39. The van der Waals surface area contributed by atoms with E-state index in [9.17, 15) is 23.4 Å². The fourth-order valence-electron chi connectivity index (χ4n) is 4.88. The fourth-order valence-corrected chi connectivity index (χ4v) is 4.88. The van der Waals surface area contributed by atoms with Gasteiger partial charge < -0.3 is 19.6 Å². The molecule has 194 valence electrons. The van der Waals surface area contributed by atoms with Crippen molar-refractivity contribution in [3.05, 3.63) is 65.3 Å². The number of alkyl halides is 3. The standard InChI is InChI=1S/C26H31F3N4O3/c1-22(2,26(27,28)29)17-7-9-18(10-8-17)25(35,24(5)14-33(6)15-24)19-11-16(12-30-13-19)20-31-21(36-32-20)23(3,4)34/h7-13,34-35H,14-15H2,1-6H3. The van der Waals surface area contributed by atoms with Crippen LogP contribution in [0.2, 0.25) is 0 Å². The Hall–Kier alpha value is -2.82. The Labute approximate surface area is 208 Å². The van der Waals surface area contributed by atoms with Crippen molar-refractivity contribution in [1.82, 2.24) is 20.0 Å². The van der Waals surface area contributed by atoms with Crippen LogP contribution < -0.4 is 0 Å². The second-order valence-corrected chi connectivity index (χ2v) is 11.1. The van der Waals surface area contributed by atoms with Gasteiger partial charge in [0, 0.05) is 42.0 Å². The smallest absolute Gasteiger partial charge is 0.381 e. The Morgan fingerprint density at radius 2 is 1.53 bits per heavy atom. The molecule has 10 heteroatoms. The van der Waals surface area contributed by atoms with Crippen LogP contribution in [0.15, 0.2) is 47.2 Å². The van der Waals surface area contributed by atoms with Gasteiger partial charge in [0.15, 0.2) is 0 Å². The van der Waals surface area contributed by atoms with Crippen LogP contribution in [0, 0.1) is 5.41 Å². The van der Waals surface area contributed by atoms with Gasteiger partial charge in [-0.1, -0.05) is 36.3 Å². The third kappa shape index (κ3) is 4.21. The predicted molar refractivity (Wildman–Crippen MR) is 127 cm³/mol. The van der Waals surface area contributed by atoms with Crippen molar-refractivity contribution < 1.29 is 27.9 Å². The van der Waals surface area contributed by atoms with Crippen molar-refractivity contribution in [2.45, 2.75) is 57.4 Å². The molecule has 1 unspecified atom stereocenters. The van der Waals surface area contributed by atoms with E-state index in [1.807, 2.05) is 14.0 Å². The molecular formula is C26H31F3N4O3. The van der Waals surface area contributed by atoms with E-state index >= 15 is 0 Å². The fraction of sp³-hybridized carbons (Fsp3) is 0.500. The number of aromatic nitrogens is 3. The van der Waals surface area contributed by atoms with Crippen molar-refractivity contribution in [3.8, 4) is 11.4 Å². The molecule has 1 aromatic carbocycles. The van der Waals surface area contributed by atoms with Crippen LogP contribution in [0.3, 0.4) is 0 Å². The molecule has 0 amide bonds. The average Bonchev–Trinajstić information content (AvgIpc) is 3.28. The molecule has 2 aromatic heterocycles. The quantitative estimate of drug-likeness (QED) is 0.514. The summed E-state index contributed by atoms with van der Waals surface area (Å²) in [5.74, 6) is 0.232. The summed E-state index contributed by atoms with van der Waals surface area (Å²) >= 11 is 0. The number of likely N-dealkylation sites (tertiary alicyclic amines) is 1. The molecule has 3 heterocycles. The Bertz CT molecular complexity index is 1240. The lowest BCUT2D eigenvalue weighted by atomic mass is 9.62. The highest BCUT2D eigenvalue weighted by molar-refractivity contribution is 5.56. The summed E-state index contributed by atoms with van der Waals surface area (Å²) in [6.07, 6.45) is -1.36. The monoisotopic (exact) mass is 504 g/mol. The Balaban J connectivity index is 1.80. The molecule has 0 aliphatic carbocycles. The molecule has 1 saturated heterocycles. The molecule has 3 aromatic rings. The summed E-state index contributed by atoms with van der Waals surface area (Å²) < 4.78 is 46.0. The molecule has 0 spiro atoms. The second kappa shape index (κ2) is 8.36. The van der Waals surface area contributed by atoms with E-state index < -0.39 is 28.2 Å². The van der Waals surface area contributed by atoms with E-state index in [1.54, 1.807) is 18.2 Å². The number of pyridine rings is 1. The molecular weight excluding hydrogens is 473 g/mol. The zero-order valence-corrected chi connectivity index (χ0v) is 21.2. The number of hydrogen-bond donors (Lipinski definition) is 2. The maximum absolute atomic E-state index is 13.6. The van der Waals surface area contributed by atoms with Gasteiger partial charge >= 0.3 is 6.18 Å². The van der Waals surface area contributed by atoms with Gasteiger partial charge in [0.1, 0.15) is 11.2 Å². The summed E-state index contributed by atoms with van der Waals surface area (Å²) in [6, 6.07) is 7.65. The average molecular weight is 505 g/mol. The van der Waals surface area contributed by atoms with Gasteiger partial charge in [0.05, 0.1) is 5.41 Å². The van der Waals surface area contributed by atoms with Crippen molar-refractivity contribution >= 4 is 0 Å². The molecule has 1 fully saturated rings. The zero-order valence-electron chi connectivity index (χ0n) is 21.2. The Morgan fingerprint density at radius 1 is 0.944 bits per heavy atom. The maximum Gasteiger partial charge on any atom is 0.397 e. The van der Waals surface area contributed by atoms with Crippen molar-refractivity contribution in [1.29, 1.82) is 0 Å². The summed E-state index contributed by atoms with van der Waals surface area (Å²) in [5.41, 5.74) is -4.08. The third-order valence-corrected chi connectivity index (χ3v) is 7.21. The van der Waals surface area contributed by atoms with Crippen molar-refractivity contribution in [3.63, 3.8) is 0 Å². The number of rotatable bonds is 6. The van der Waals surface area contributed by atoms with E-state index in [4.69, 9.17) is 4.52 Å². The highest BCUT2D eigenvalue weighted by Crippen LogP contribution is 2.51. The van der Waals surface area contributed by atoms with E-state index in [0.717, 1.165) is 13.8 Å². The number of benzene rings is 1. The first-order valence-corrected chi connectivity index (χ1v) is 11.6. The topological polar surface area (TPSA) is 95.5 Å². The summed E-state index contributed by atoms with van der Waals surface area (Å²) in [7, 11) is 1.93. The summed E-state index contributed by atoms with van der Waals surface area (Å²) in [6.45, 7) is 8.38. The van der Waals surface area contributed by atoms with E-state index in [2.05, 4.69) is 20.0 Å². The van der Waals surface area contributed by atoms with Crippen molar-refractivity contribution in [2.75, 3.05) is 20.1 Å². The molecule has 0 bridgehead atoms. The van der Waals surface area contributed by atoms with Crippen LogP contribution >= 0.6 is 0 Å². The largest absolute Gasteiger partial charge is 0.397 e. The molecule has 1 aliphatic rings. The minimum Gasteiger partial charge on any atom is -0.381 e. The number of hydrogen-bond acceptors (Lipinski definition) is 7. The highest BCUT2D eigenvalue weighted by atomic mass is 19.4. The molecule has 7 nitrogen and oxygen atoms in total. The minimum absolute atomic E-state index is 0.0358. The molecule has 36 heavy (non-hydrogen) atoms. The molecule has 0 radical (unpaired) electrons. The molecule has 4 rings (SSSR count). The van der Waals surface area contributed by atoms with Gasteiger partial charge in [-0.25, -0.2) is 0 Å². The lowest BCUT2D eigenvalue weighted by molar-refractivity contribution is -0.180. The SMILES string of the molecule is CN1CC(C)(C(O)(c2ccc(C(C)(C)C(F)(F)F)cc2)c2cncc(-c3noc(C(C)(C)O)n3)c2)C1. The maximum atomic E-state index is 13.6. The third-order valence-electron chi connectivity index (χ3n) is 7.21. The van der Waals surface area contributed by atoms with Crippen LogP contribution in [-0.2, 0) is 16.6 Å². The van der Waals surface area contributed by atoms with Gasteiger partial charge in [-0.2, -0.15) is 18.2 Å². The van der Waals surface area contributed by atoms with E-state index in [0.29, 0.717) is 29.8 Å². The first kappa shape index (κ1) is 26.2. The van der Waals surface area contributed by atoms with Gasteiger partial charge in [0.2, 0.25) is 5.82 Å². The zero-order chi connectivity index (χ0) is 26.7. The number of halogens is 3. The molecule has 0 saturated carbocycles. The lowest BCUT2D eigenvalue weighted by Crippen LogP contribution is -2.63. The molecule has 1 aliphatic heterocycles. The lowest BCUT2D eigenvalue weighted by Gasteiger charge is -2.56. The van der Waals surface area contributed by atoms with Crippen molar-refractivity contribution in [2.24, 2.45) is 5.41 Å². The van der Waals surface area contributed by atoms with E-state index in [1.165, 1.54) is 38.4 Å². The summed E-state index contributed by atoms with van der Waals surface area (Å²) in [4.78, 5) is 10.6. The van der Waals surface area contributed by atoms with Crippen LogP contribution in [-0.4, -0.2) is 56.6 Å². The van der Waals surface area contributed by atoms with Crippen LogP contribution in [0.1, 0.15) is 57.2 Å². The van der Waals surface area contributed by atoms with E-state index in [-0.39, 0.29) is 17.3 Å².